The maximum atomic E-state index is 12.2. The third-order valence-electron chi connectivity index (χ3n) is 3.95. The van der Waals surface area contributed by atoms with E-state index in [1.54, 1.807) is 4.90 Å². The molecule has 5 heteroatoms. The van der Waals surface area contributed by atoms with Crippen LogP contribution in [0.25, 0.3) is 0 Å². The molecule has 23 heavy (non-hydrogen) atoms. The van der Waals surface area contributed by atoms with E-state index in [1.165, 1.54) is 5.56 Å². The molecule has 1 aromatic rings. The van der Waals surface area contributed by atoms with Gasteiger partial charge in [0.05, 0.1) is 6.61 Å². The standard InChI is InChI=1S/C18H28N2O3/c1-18(2,3)23-17(22)20-10-9-16(14-20)19(11-12-21)13-15-7-5-4-6-8-15/h4-8,16,21H,9-14H2,1-3H3/t16-/m1/s1. The lowest BCUT2D eigenvalue weighted by Crippen LogP contribution is -2.41. The fourth-order valence-electron chi connectivity index (χ4n) is 2.87. The lowest BCUT2D eigenvalue weighted by atomic mass is 10.1. The van der Waals surface area contributed by atoms with Gasteiger partial charge in [-0.3, -0.25) is 4.90 Å². The van der Waals surface area contributed by atoms with Gasteiger partial charge < -0.3 is 14.7 Å². The summed E-state index contributed by atoms with van der Waals surface area (Å²) in [4.78, 5) is 16.2. The molecule has 0 spiro atoms. The number of hydrogen-bond donors (Lipinski definition) is 1. The number of rotatable bonds is 5. The number of carbonyl (C=O) groups is 1. The number of aliphatic hydroxyl groups excluding tert-OH is 1. The molecule has 0 bridgehead atoms. The molecule has 1 aliphatic rings. The van der Waals surface area contributed by atoms with Crippen LogP contribution in [0.3, 0.4) is 0 Å². The first-order valence-corrected chi connectivity index (χ1v) is 8.26. The van der Waals surface area contributed by atoms with Crippen molar-refractivity contribution >= 4 is 6.09 Å². The summed E-state index contributed by atoms with van der Waals surface area (Å²) in [6.07, 6.45) is 0.662. The van der Waals surface area contributed by atoms with E-state index >= 15 is 0 Å². The Morgan fingerprint density at radius 3 is 2.65 bits per heavy atom. The second kappa shape index (κ2) is 7.79. The molecule has 0 aromatic heterocycles. The van der Waals surface area contributed by atoms with Crippen molar-refractivity contribution < 1.29 is 14.6 Å². The van der Waals surface area contributed by atoms with Crippen molar-refractivity contribution in [3.63, 3.8) is 0 Å². The van der Waals surface area contributed by atoms with Crippen molar-refractivity contribution in [2.24, 2.45) is 0 Å². The molecule has 2 rings (SSSR count). The van der Waals surface area contributed by atoms with E-state index in [1.807, 2.05) is 39.0 Å². The van der Waals surface area contributed by atoms with Gasteiger partial charge in [0, 0.05) is 32.2 Å². The summed E-state index contributed by atoms with van der Waals surface area (Å²) < 4.78 is 5.45. The smallest absolute Gasteiger partial charge is 0.410 e. The largest absolute Gasteiger partial charge is 0.444 e. The monoisotopic (exact) mass is 320 g/mol. The van der Waals surface area contributed by atoms with Crippen molar-refractivity contribution in [3.8, 4) is 0 Å². The predicted octanol–water partition coefficient (Wildman–Crippen LogP) is 2.49. The van der Waals surface area contributed by atoms with Crippen LogP contribution in [0.2, 0.25) is 0 Å². The van der Waals surface area contributed by atoms with Gasteiger partial charge in [-0.2, -0.15) is 0 Å². The van der Waals surface area contributed by atoms with E-state index in [9.17, 15) is 9.90 Å². The van der Waals surface area contributed by atoms with Crippen molar-refractivity contribution in [2.45, 2.75) is 45.4 Å². The summed E-state index contributed by atoms with van der Waals surface area (Å²) in [6.45, 7) is 8.52. The van der Waals surface area contributed by atoms with Crippen molar-refractivity contribution in [2.75, 3.05) is 26.2 Å². The summed E-state index contributed by atoms with van der Waals surface area (Å²) >= 11 is 0. The number of carbonyl (C=O) groups excluding carboxylic acids is 1. The first kappa shape index (κ1) is 17.8. The number of ether oxygens (including phenoxy) is 1. The minimum Gasteiger partial charge on any atom is -0.444 e. The minimum atomic E-state index is -0.468. The van der Waals surface area contributed by atoms with Crippen LogP contribution in [0, 0.1) is 0 Å². The van der Waals surface area contributed by atoms with Gasteiger partial charge in [-0.25, -0.2) is 4.79 Å². The molecule has 0 radical (unpaired) electrons. The van der Waals surface area contributed by atoms with Gasteiger partial charge in [0.15, 0.2) is 0 Å². The summed E-state index contributed by atoms with van der Waals surface area (Å²) in [5, 5.41) is 9.36. The highest BCUT2D eigenvalue weighted by Crippen LogP contribution is 2.20. The molecular formula is C18H28N2O3. The predicted molar refractivity (Wildman–Crippen MR) is 90.1 cm³/mol. The Kier molecular flexibility index (Phi) is 6.02. The van der Waals surface area contributed by atoms with Crippen LogP contribution >= 0.6 is 0 Å². The van der Waals surface area contributed by atoms with Crippen LogP contribution in [-0.4, -0.2) is 58.9 Å². The molecule has 1 N–H and O–H groups in total. The number of aliphatic hydroxyl groups is 1. The Balaban J connectivity index is 1.95. The van der Waals surface area contributed by atoms with E-state index in [0.717, 1.165) is 13.0 Å². The van der Waals surface area contributed by atoms with E-state index in [2.05, 4.69) is 17.0 Å². The normalized spacial score (nSPS) is 18.5. The first-order valence-electron chi connectivity index (χ1n) is 8.26. The molecule has 128 valence electrons. The Hall–Kier alpha value is -1.59. The fourth-order valence-corrected chi connectivity index (χ4v) is 2.87. The van der Waals surface area contributed by atoms with Crippen LogP contribution in [0.4, 0.5) is 4.79 Å². The number of hydrogen-bond acceptors (Lipinski definition) is 4. The van der Waals surface area contributed by atoms with Crippen molar-refractivity contribution in [1.82, 2.24) is 9.80 Å². The third kappa shape index (κ3) is 5.52. The summed E-state index contributed by atoms with van der Waals surface area (Å²) in [5.41, 5.74) is 0.751. The van der Waals surface area contributed by atoms with E-state index in [4.69, 9.17) is 4.74 Å². The highest BCUT2D eigenvalue weighted by atomic mass is 16.6. The average molecular weight is 320 g/mol. The summed E-state index contributed by atoms with van der Waals surface area (Å²) in [5.74, 6) is 0. The van der Waals surface area contributed by atoms with Gasteiger partial charge in [0.2, 0.25) is 0 Å². The topological polar surface area (TPSA) is 53.0 Å². The van der Waals surface area contributed by atoms with Gasteiger partial charge in [-0.05, 0) is 32.8 Å². The second-order valence-electron chi connectivity index (χ2n) is 7.05. The van der Waals surface area contributed by atoms with E-state index in [-0.39, 0.29) is 18.7 Å². The molecule has 1 aliphatic heterocycles. The SMILES string of the molecule is CC(C)(C)OC(=O)N1CC[C@@H](N(CCO)Cc2ccccc2)C1. The van der Waals surface area contributed by atoms with Crippen molar-refractivity contribution in [3.05, 3.63) is 35.9 Å². The van der Waals surface area contributed by atoms with Crippen molar-refractivity contribution in [1.29, 1.82) is 0 Å². The molecule has 0 unspecified atom stereocenters. The maximum absolute atomic E-state index is 12.2. The van der Waals surface area contributed by atoms with Crippen LogP contribution < -0.4 is 0 Å². The van der Waals surface area contributed by atoms with Crippen LogP contribution in [0.1, 0.15) is 32.8 Å². The molecule has 1 amide bonds. The maximum Gasteiger partial charge on any atom is 0.410 e. The summed E-state index contributed by atoms with van der Waals surface area (Å²) in [6, 6.07) is 10.5. The highest BCUT2D eigenvalue weighted by molar-refractivity contribution is 5.68. The zero-order valence-corrected chi connectivity index (χ0v) is 14.4. The van der Waals surface area contributed by atoms with Crippen LogP contribution in [0.5, 0.6) is 0 Å². The highest BCUT2D eigenvalue weighted by Gasteiger charge is 2.32. The molecule has 0 saturated carbocycles. The molecule has 5 nitrogen and oxygen atoms in total. The Morgan fingerprint density at radius 2 is 2.04 bits per heavy atom. The molecule has 1 heterocycles. The minimum absolute atomic E-state index is 0.121. The Morgan fingerprint density at radius 1 is 1.35 bits per heavy atom. The second-order valence-corrected chi connectivity index (χ2v) is 7.05. The number of likely N-dealkylation sites (tertiary alicyclic amines) is 1. The fraction of sp³-hybridized carbons (Fsp3) is 0.611. The lowest BCUT2D eigenvalue weighted by Gasteiger charge is -2.29. The number of benzene rings is 1. The van der Waals surface area contributed by atoms with Gasteiger partial charge in [0.1, 0.15) is 5.60 Å². The average Bonchev–Trinajstić information content (AvgIpc) is 2.96. The third-order valence-corrected chi connectivity index (χ3v) is 3.95. The number of nitrogens with zero attached hydrogens (tertiary/aromatic N) is 2. The van der Waals surface area contributed by atoms with Gasteiger partial charge in [-0.15, -0.1) is 0 Å². The van der Waals surface area contributed by atoms with E-state index in [0.29, 0.717) is 19.6 Å². The Labute approximate surface area is 138 Å². The summed E-state index contributed by atoms with van der Waals surface area (Å²) in [7, 11) is 0. The first-order chi connectivity index (χ1) is 10.9. The molecule has 1 saturated heterocycles. The van der Waals surface area contributed by atoms with Gasteiger partial charge >= 0.3 is 6.09 Å². The van der Waals surface area contributed by atoms with E-state index < -0.39 is 5.60 Å². The lowest BCUT2D eigenvalue weighted by molar-refractivity contribution is 0.0276. The Bertz CT molecular complexity index is 499. The quantitative estimate of drug-likeness (QED) is 0.905. The molecule has 1 fully saturated rings. The molecular weight excluding hydrogens is 292 g/mol. The van der Waals surface area contributed by atoms with Gasteiger partial charge in [0.25, 0.3) is 0 Å². The zero-order chi connectivity index (χ0) is 16.9. The number of amides is 1. The zero-order valence-electron chi connectivity index (χ0n) is 14.4. The van der Waals surface area contributed by atoms with Crippen LogP contribution in [-0.2, 0) is 11.3 Å². The van der Waals surface area contributed by atoms with Crippen LogP contribution in [0.15, 0.2) is 30.3 Å². The molecule has 1 aromatic carbocycles. The molecule has 1 atom stereocenters. The molecule has 0 aliphatic carbocycles. The van der Waals surface area contributed by atoms with Gasteiger partial charge in [-0.1, -0.05) is 30.3 Å².